The Hall–Kier alpha value is -1.68. The van der Waals surface area contributed by atoms with Crippen molar-refractivity contribution in [3.8, 4) is 0 Å². The molecule has 4 heteroatoms. The highest BCUT2D eigenvalue weighted by Crippen LogP contribution is 2.34. The molecule has 1 atom stereocenters. The minimum atomic E-state index is -0.500. The van der Waals surface area contributed by atoms with Crippen LogP contribution in [0.25, 0.3) is 0 Å². The van der Waals surface area contributed by atoms with Crippen molar-refractivity contribution >= 4 is 21.8 Å². The SMILES string of the molecule is O=C(NCC1Cc2ccccc21)c1cc(Br)ccc1F. The Labute approximate surface area is 125 Å². The third kappa shape index (κ3) is 2.48. The molecule has 1 aliphatic carbocycles. The zero-order valence-corrected chi connectivity index (χ0v) is 12.3. The molecule has 1 amide bonds. The van der Waals surface area contributed by atoms with Crippen LogP contribution >= 0.6 is 15.9 Å². The molecule has 1 unspecified atom stereocenters. The van der Waals surface area contributed by atoms with Crippen LogP contribution in [-0.4, -0.2) is 12.5 Å². The topological polar surface area (TPSA) is 29.1 Å². The van der Waals surface area contributed by atoms with Crippen molar-refractivity contribution in [3.05, 3.63) is 69.4 Å². The summed E-state index contributed by atoms with van der Waals surface area (Å²) in [6.07, 6.45) is 0.970. The van der Waals surface area contributed by atoms with E-state index in [1.165, 1.54) is 23.3 Å². The fourth-order valence-electron chi connectivity index (χ4n) is 2.53. The van der Waals surface area contributed by atoms with Crippen LogP contribution in [0, 0.1) is 5.82 Å². The maximum atomic E-state index is 13.6. The third-order valence-corrected chi connectivity index (χ3v) is 4.14. The molecule has 0 aliphatic heterocycles. The molecule has 0 aromatic heterocycles. The van der Waals surface area contributed by atoms with E-state index >= 15 is 0 Å². The summed E-state index contributed by atoms with van der Waals surface area (Å²) in [6.45, 7) is 0.543. The van der Waals surface area contributed by atoms with Gasteiger partial charge in [-0.25, -0.2) is 4.39 Å². The van der Waals surface area contributed by atoms with E-state index in [0.29, 0.717) is 16.9 Å². The number of nitrogens with one attached hydrogen (secondary N) is 1. The van der Waals surface area contributed by atoms with Crippen molar-refractivity contribution < 1.29 is 9.18 Å². The Balaban J connectivity index is 1.65. The Bertz CT molecular complexity index is 671. The first kappa shape index (κ1) is 13.3. The summed E-state index contributed by atoms with van der Waals surface area (Å²) in [6, 6.07) is 12.6. The molecular formula is C16H13BrFNO. The molecule has 0 heterocycles. The number of fused-ring (bicyclic) bond motifs is 1. The van der Waals surface area contributed by atoms with Crippen molar-refractivity contribution in [2.45, 2.75) is 12.3 Å². The quantitative estimate of drug-likeness (QED) is 0.912. The number of halogens is 2. The van der Waals surface area contributed by atoms with Crippen LogP contribution < -0.4 is 5.32 Å². The van der Waals surface area contributed by atoms with E-state index < -0.39 is 5.82 Å². The van der Waals surface area contributed by atoms with Gasteiger partial charge in [0.15, 0.2) is 0 Å². The Morgan fingerprint density at radius 2 is 2.10 bits per heavy atom. The summed E-state index contributed by atoms with van der Waals surface area (Å²) < 4.78 is 14.3. The number of carbonyl (C=O) groups excluding carboxylic acids is 1. The van der Waals surface area contributed by atoms with Gasteiger partial charge in [-0.1, -0.05) is 40.2 Å². The van der Waals surface area contributed by atoms with Gasteiger partial charge in [0, 0.05) is 16.9 Å². The summed E-state index contributed by atoms with van der Waals surface area (Å²) in [7, 11) is 0. The fourth-order valence-corrected chi connectivity index (χ4v) is 2.89. The van der Waals surface area contributed by atoms with Gasteiger partial charge < -0.3 is 5.32 Å². The van der Waals surface area contributed by atoms with E-state index in [0.717, 1.165) is 6.42 Å². The first-order valence-electron chi connectivity index (χ1n) is 6.46. The fraction of sp³-hybridized carbons (Fsp3) is 0.188. The van der Waals surface area contributed by atoms with Gasteiger partial charge >= 0.3 is 0 Å². The van der Waals surface area contributed by atoms with Gasteiger partial charge in [-0.05, 0) is 35.7 Å². The van der Waals surface area contributed by atoms with Crippen LogP contribution in [0.4, 0.5) is 4.39 Å². The molecule has 2 nitrogen and oxygen atoms in total. The summed E-state index contributed by atoms with van der Waals surface area (Å²) in [4.78, 5) is 12.0. The first-order chi connectivity index (χ1) is 9.65. The molecule has 0 bridgehead atoms. The zero-order chi connectivity index (χ0) is 14.1. The van der Waals surface area contributed by atoms with E-state index in [4.69, 9.17) is 0 Å². The molecule has 0 spiro atoms. The minimum absolute atomic E-state index is 0.0759. The van der Waals surface area contributed by atoms with Gasteiger partial charge in [-0.2, -0.15) is 0 Å². The second-order valence-corrected chi connectivity index (χ2v) is 5.85. The highest BCUT2D eigenvalue weighted by atomic mass is 79.9. The van der Waals surface area contributed by atoms with Crippen molar-refractivity contribution in [1.29, 1.82) is 0 Å². The van der Waals surface area contributed by atoms with Crippen LogP contribution in [0.5, 0.6) is 0 Å². The molecule has 1 N–H and O–H groups in total. The van der Waals surface area contributed by atoms with E-state index in [9.17, 15) is 9.18 Å². The predicted molar refractivity (Wildman–Crippen MR) is 79.3 cm³/mol. The summed E-state index contributed by atoms with van der Waals surface area (Å²) >= 11 is 3.24. The molecule has 0 fully saturated rings. The second-order valence-electron chi connectivity index (χ2n) is 4.93. The average Bonchev–Trinajstić information content (AvgIpc) is 2.42. The monoisotopic (exact) mass is 333 g/mol. The van der Waals surface area contributed by atoms with Crippen LogP contribution in [0.15, 0.2) is 46.9 Å². The van der Waals surface area contributed by atoms with E-state index in [1.807, 2.05) is 12.1 Å². The van der Waals surface area contributed by atoms with Crippen LogP contribution in [0.3, 0.4) is 0 Å². The van der Waals surface area contributed by atoms with E-state index in [-0.39, 0.29) is 11.5 Å². The molecule has 2 aromatic carbocycles. The average molecular weight is 334 g/mol. The Morgan fingerprint density at radius 3 is 2.90 bits per heavy atom. The third-order valence-electron chi connectivity index (χ3n) is 3.64. The molecule has 102 valence electrons. The van der Waals surface area contributed by atoms with Gasteiger partial charge in [-0.3, -0.25) is 4.79 Å². The normalized spacial score (nSPS) is 16.2. The van der Waals surface area contributed by atoms with Crippen LogP contribution in [-0.2, 0) is 6.42 Å². The Kier molecular flexibility index (Phi) is 3.57. The number of hydrogen-bond acceptors (Lipinski definition) is 1. The summed E-state index contributed by atoms with van der Waals surface area (Å²) in [5.41, 5.74) is 2.69. The summed E-state index contributed by atoms with van der Waals surface area (Å²) in [5.74, 6) is -0.529. The first-order valence-corrected chi connectivity index (χ1v) is 7.25. The zero-order valence-electron chi connectivity index (χ0n) is 10.7. The van der Waals surface area contributed by atoms with Gasteiger partial charge in [0.25, 0.3) is 5.91 Å². The highest BCUT2D eigenvalue weighted by Gasteiger charge is 2.25. The smallest absolute Gasteiger partial charge is 0.254 e. The molecule has 0 saturated carbocycles. The molecule has 2 aromatic rings. The summed E-state index contributed by atoms with van der Waals surface area (Å²) in [5, 5.41) is 2.81. The number of benzene rings is 2. The molecular weight excluding hydrogens is 321 g/mol. The van der Waals surface area contributed by atoms with Gasteiger partial charge in [-0.15, -0.1) is 0 Å². The lowest BCUT2D eigenvalue weighted by atomic mass is 9.77. The number of carbonyl (C=O) groups is 1. The van der Waals surface area contributed by atoms with E-state index in [1.54, 1.807) is 6.07 Å². The number of amides is 1. The van der Waals surface area contributed by atoms with Crippen LogP contribution in [0.2, 0.25) is 0 Å². The van der Waals surface area contributed by atoms with Crippen LogP contribution in [0.1, 0.15) is 27.4 Å². The molecule has 1 aliphatic rings. The van der Waals surface area contributed by atoms with Gasteiger partial charge in [0.05, 0.1) is 5.56 Å². The van der Waals surface area contributed by atoms with Crippen molar-refractivity contribution in [2.24, 2.45) is 0 Å². The molecule has 0 radical (unpaired) electrons. The minimum Gasteiger partial charge on any atom is -0.351 e. The van der Waals surface area contributed by atoms with Crippen molar-refractivity contribution in [1.82, 2.24) is 5.32 Å². The number of hydrogen-bond donors (Lipinski definition) is 1. The number of rotatable bonds is 3. The predicted octanol–water partition coefficient (Wildman–Crippen LogP) is 3.66. The Morgan fingerprint density at radius 1 is 1.30 bits per heavy atom. The molecule has 0 saturated heterocycles. The lowest BCUT2D eigenvalue weighted by molar-refractivity contribution is 0.0946. The molecule has 20 heavy (non-hydrogen) atoms. The highest BCUT2D eigenvalue weighted by molar-refractivity contribution is 9.10. The van der Waals surface area contributed by atoms with E-state index in [2.05, 4.69) is 33.4 Å². The van der Waals surface area contributed by atoms with Gasteiger partial charge in [0.2, 0.25) is 0 Å². The maximum Gasteiger partial charge on any atom is 0.254 e. The molecule has 3 rings (SSSR count). The van der Waals surface area contributed by atoms with Crippen molar-refractivity contribution in [3.63, 3.8) is 0 Å². The van der Waals surface area contributed by atoms with Crippen molar-refractivity contribution in [2.75, 3.05) is 6.54 Å². The standard InChI is InChI=1S/C16H13BrFNO/c17-12-5-6-15(18)14(8-12)16(20)19-9-11-7-10-3-1-2-4-13(10)11/h1-6,8,11H,7,9H2,(H,19,20). The maximum absolute atomic E-state index is 13.6. The second kappa shape index (κ2) is 5.37. The largest absolute Gasteiger partial charge is 0.351 e. The lowest BCUT2D eigenvalue weighted by Crippen LogP contribution is -2.33. The van der Waals surface area contributed by atoms with Gasteiger partial charge in [0.1, 0.15) is 5.82 Å². The lowest BCUT2D eigenvalue weighted by Gasteiger charge is -2.30.